The summed E-state index contributed by atoms with van der Waals surface area (Å²) in [6, 6.07) is 15.7. The minimum absolute atomic E-state index is 0.152. The molecule has 0 bridgehead atoms. The van der Waals surface area contributed by atoms with E-state index in [0.29, 0.717) is 31.9 Å². The summed E-state index contributed by atoms with van der Waals surface area (Å²) in [4.78, 5) is 4.62. The largest absolute Gasteiger partial charge is 0.513 e. The Hall–Kier alpha value is -3.54. The number of aliphatic hydroxyl groups excluding tert-OH is 1. The first-order chi connectivity index (χ1) is 14.1. The number of fused-ring (bicyclic) bond motifs is 1. The molecule has 0 spiro atoms. The standard InChI is InChI=1S/C23H23N3O3/c1-16(27)11-13-26-21-9-6-10-22(19(21)15-24-26)28-14-12-20-17(2)29-23(25-20)18-7-4-3-5-8-18/h3-10,15,27H,1,11-14H2,2H3. The average molecular weight is 389 g/mol. The van der Waals surface area contributed by atoms with E-state index in [1.807, 2.05) is 60.1 Å². The topological polar surface area (TPSA) is 73.3 Å². The fourth-order valence-electron chi connectivity index (χ4n) is 3.24. The fraction of sp³-hybridized carbons (Fsp3) is 0.217. The molecule has 0 fully saturated rings. The molecule has 2 aromatic heterocycles. The van der Waals surface area contributed by atoms with E-state index in [-0.39, 0.29) is 5.76 Å². The van der Waals surface area contributed by atoms with Crippen molar-refractivity contribution in [2.24, 2.45) is 0 Å². The molecule has 4 aromatic rings. The lowest BCUT2D eigenvalue weighted by Gasteiger charge is -2.07. The van der Waals surface area contributed by atoms with Gasteiger partial charge < -0.3 is 14.3 Å². The normalized spacial score (nSPS) is 11.1. The van der Waals surface area contributed by atoms with Crippen LogP contribution in [0.1, 0.15) is 17.9 Å². The van der Waals surface area contributed by atoms with Crippen LogP contribution in [0.2, 0.25) is 0 Å². The molecular weight excluding hydrogens is 366 g/mol. The first-order valence-electron chi connectivity index (χ1n) is 9.57. The Bertz CT molecular complexity index is 1130. The van der Waals surface area contributed by atoms with Crippen LogP contribution in [0.4, 0.5) is 0 Å². The molecule has 0 aliphatic rings. The van der Waals surface area contributed by atoms with Crippen LogP contribution in [-0.4, -0.2) is 26.5 Å². The number of ether oxygens (including phenoxy) is 1. The van der Waals surface area contributed by atoms with Gasteiger partial charge in [-0.3, -0.25) is 4.68 Å². The van der Waals surface area contributed by atoms with Gasteiger partial charge in [0.2, 0.25) is 5.89 Å². The molecule has 0 aliphatic carbocycles. The maximum Gasteiger partial charge on any atom is 0.226 e. The Balaban J connectivity index is 1.44. The monoisotopic (exact) mass is 389 g/mol. The van der Waals surface area contributed by atoms with Crippen LogP contribution < -0.4 is 4.74 Å². The summed E-state index contributed by atoms with van der Waals surface area (Å²) in [6.45, 7) is 6.51. The molecule has 148 valence electrons. The van der Waals surface area contributed by atoms with E-state index >= 15 is 0 Å². The summed E-state index contributed by atoms with van der Waals surface area (Å²) in [6.07, 6.45) is 2.91. The molecule has 0 atom stereocenters. The summed E-state index contributed by atoms with van der Waals surface area (Å²) < 4.78 is 13.7. The zero-order chi connectivity index (χ0) is 20.2. The van der Waals surface area contributed by atoms with Crippen LogP contribution in [0.3, 0.4) is 0 Å². The van der Waals surface area contributed by atoms with E-state index in [1.165, 1.54) is 0 Å². The quantitative estimate of drug-likeness (QED) is 0.425. The highest BCUT2D eigenvalue weighted by molar-refractivity contribution is 5.85. The van der Waals surface area contributed by atoms with Crippen molar-refractivity contribution in [1.29, 1.82) is 0 Å². The molecule has 0 aliphatic heterocycles. The highest BCUT2D eigenvalue weighted by Crippen LogP contribution is 2.26. The van der Waals surface area contributed by atoms with Gasteiger partial charge in [-0.15, -0.1) is 0 Å². The first-order valence-corrected chi connectivity index (χ1v) is 9.57. The molecule has 2 heterocycles. The van der Waals surface area contributed by atoms with Crippen molar-refractivity contribution in [1.82, 2.24) is 14.8 Å². The third kappa shape index (κ3) is 4.16. The SMILES string of the molecule is C=C(O)CCn1ncc2c(OCCc3nc(-c4ccccc4)oc3C)cccc21. The summed E-state index contributed by atoms with van der Waals surface area (Å²) in [5, 5.41) is 14.7. The molecule has 0 saturated heterocycles. The fourth-order valence-corrected chi connectivity index (χ4v) is 3.24. The maximum atomic E-state index is 9.33. The lowest BCUT2D eigenvalue weighted by atomic mass is 10.2. The average Bonchev–Trinajstić information content (AvgIpc) is 3.31. The molecule has 0 saturated carbocycles. The molecule has 0 amide bonds. The molecule has 4 rings (SSSR count). The maximum absolute atomic E-state index is 9.33. The molecule has 6 heteroatoms. The molecule has 0 unspecified atom stereocenters. The number of oxazole rings is 1. The van der Waals surface area contributed by atoms with Gasteiger partial charge >= 0.3 is 0 Å². The second-order valence-electron chi connectivity index (χ2n) is 6.86. The Kier molecular flexibility index (Phi) is 5.33. The molecule has 29 heavy (non-hydrogen) atoms. The van der Waals surface area contributed by atoms with Crippen LogP contribution in [0.25, 0.3) is 22.4 Å². The Labute approximate surface area is 169 Å². The Morgan fingerprint density at radius 2 is 2.00 bits per heavy atom. The third-order valence-electron chi connectivity index (χ3n) is 4.77. The Morgan fingerprint density at radius 3 is 2.79 bits per heavy atom. The highest BCUT2D eigenvalue weighted by atomic mass is 16.5. The van der Waals surface area contributed by atoms with E-state index in [0.717, 1.165) is 33.7 Å². The summed E-state index contributed by atoms with van der Waals surface area (Å²) in [5.74, 6) is 2.37. The predicted molar refractivity (Wildman–Crippen MR) is 112 cm³/mol. The van der Waals surface area contributed by atoms with Crippen LogP contribution in [-0.2, 0) is 13.0 Å². The van der Waals surface area contributed by atoms with Gasteiger partial charge in [0.15, 0.2) is 0 Å². The molecule has 0 radical (unpaired) electrons. The number of rotatable bonds is 8. The summed E-state index contributed by atoms with van der Waals surface area (Å²) in [7, 11) is 0. The number of aromatic nitrogens is 3. The summed E-state index contributed by atoms with van der Waals surface area (Å²) >= 11 is 0. The van der Waals surface area contributed by atoms with Gasteiger partial charge in [-0.2, -0.15) is 5.10 Å². The lowest BCUT2D eigenvalue weighted by molar-refractivity contribution is 0.323. The van der Waals surface area contributed by atoms with Gasteiger partial charge in [-0.05, 0) is 31.2 Å². The van der Waals surface area contributed by atoms with E-state index in [9.17, 15) is 5.11 Å². The van der Waals surface area contributed by atoms with Crippen LogP contribution in [0.15, 0.2) is 71.5 Å². The summed E-state index contributed by atoms with van der Waals surface area (Å²) in [5.41, 5.74) is 2.83. The number of nitrogens with zero attached hydrogens (tertiary/aromatic N) is 3. The third-order valence-corrected chi connectivity index (χ3v) is 4.77. The second-order valence-corrected chi connectivity index (χ2v) is 6.86. The van der Waals surface area contributed by atoms with E-state index < -0.39 is 0 Å². The number of allylic oxidation sites excluding steroid dienone is 1. The van der Waals surface area contributed by atoms with Crippen molar-refractivity contribution in [2.45, 2.75) is 26.3 Å². The zero-order valence-corrected chi connectivity index (χ0v) is 16.3. The smallest absolute Gasteiger partial charge is 0.226 e. The lowest BCUT2D eigenvalue weighted by Crippen LogP contribution is -2.03. The van der Waals surface area contributed by atoms with Crippen molar-refractivity contribution in [3.8, 4) is 17.2 Å². The molecular formula is C23H23N3O3. The highest BCUT2D eigenvalue weighted by Gasteiger charge is 2.12. The van der Waals surface area contributed by atoms with E-state index in [4.69, 9.17) is 9.15 Å². The first kappa shape index (κ1) is 18.8. The Morgan fingerprint density at radius 1 is 1.17 bits per heavy atom. The van der Waals surface area contributed by atoms with Crippen molar-refractivity contribution in [3.63, 3.8) is 0 Å². The number of aryl methyl sites for hydroxylation is 2. The van der Waals surface area contributed by atoms with Crippen molar-refractivity contribution >= 4 is 10.9 Å². The minimum atomic E-state index is 0.152. The van der Waals surface area contributed by atoms with Crippen molar-refractivity contribution in [3.05, 3.63) is 78.5 Å². The second kappa shape index (κ2) is 8.22. The number of hydrogen-bond acceptors (Lipinski definition) is 5. The number of hydrogen-bond donors (Lipinski definition) is 1. The van der Waals surface area contributed by atoms with Gasteiger partial charge in [-0.1, -0.05) is 30.8 Å². The van der Waals surface area contributed by atoms with Gasteiger partial charge in [0.05, 0.1) is 35.2 Å². The van der Waals surface area contributed by atoms with Gasteiger partial charge in [0.1, 0.15) is 11.5 Å². The van der Waals surface area contributed by atoms with Crippen LogP contribution in [0.5, 0.6) is 5.75 Å². The van der Waals surface area contributed by atoms with Gasteiger partial charge in [0.25, 0.3) is 0 Å². The van der Waals surface area contributed by atoms with Crippen LogP contribution in [0, 0.1) is 6.92 Å². The number of benzene rings is 2. The predicted octanol–water partition coefficient (Wildman–Crippen LogP) is 5.08. The van der Waals surface area contributed by atoms with Gasteiger partial charge in [0, 0.05) is 24.9 Å². The van der Waals surface area contributed by atoms with E-state index in [1.54, 1.807) is 6.20 Å². The van der Waals surface area contributed by atoms with Crippen molar-refractivity contribution in [2.75, 3.05) is 6.61 Å². The van der Waals surface area contributed by atoms with Crippen molar-refractivity contribution < 1.29 is 14.3 Å². The van der Waals surface area contributed by atoms with Gasteiger partial charge in [-0.25, -0.2) is 4.98 Å². The number of aliphatic hydroxyl groups is 1. The zero-order valence-electron chi connectivity index (χ0n) is 16.3. The van der Waals surface area contributed by atoms with E-state index in [2.05, 4.69) is 16.7 Å². The molecule has 2 aromatic carbocycles. The molecule has 1 N–H and O–H groups in total. The molecule has 6 nitrogen and oxygen atoms in total. The minimum Gasteiger partial charge on any atom is -0.513 e. The van der Waals surface area contributed by atoms with Crippen LogP contribution >= 0.6 is 0 Å².